The minimum atomic E-state index is -1.36. The van der Waals surface area contributed by atoms with E-state index in [4.69, 9.17) is 22.1 Å². The minimum absolute atomic E-state index is 0.271. The number of nitrogens with one attached hydrogen (secondary N) is 1. The lowest BCUT2D eigenvalue weighted by Crippen LogP contribution is -2.15. The van der Waals surface area contributed by atoms with Crippen LogP contribution in [-0.4, -0.2) is 21.9 Å². The molecule has 0 aliphatic rings. The number of hydrogen-bond donors (Lipinski definition) is 3. The average molecular weight is 240 g/mol. The van der Waals surface area contributed by atoms with Gasteiger partial charge in [-0.3, -0.25) is 5.41 Å². The Bertz CT molecular complexity index is 476. The predicted octanol–water partition coefficient (Wildman–Crippen LogP) is 2.62. The summed E-state index contributed by atoms with van der Waals surface area (Å²) in [4.78, 5) is 10.9. The van der Waals surface area contributed by atoms with Crippen molar-refractivity contribution in [2.24, 2.45) is 0 Å². The number of aliphatic carboxylic acids is 1. The molecule has 0 aromatic heterocycles. The monoisotopic (exact) mass is 239 g/mol. The minimum Gasteiger partial charge on any atom is -0.512 e. The zero-order chi connectivity index (χ0) is 12.3. The Morgan fingerprint density at radius 3 is 2.31 bits per heavy atom. The number of carboxylic acids is 1. The molecule has 0 radical (unpaired) electrons. The van der Waals surface area contributed by atoms with Gasteiger partial charge in [0.2, 0.25) is 0 Å². The molecule has 0 amide bonds. The molecule has 0 heterocycles. The van der Waals surface area contributed by atoms with Crippen LogP contribution in [0.4, 0.5) is 0 Å². The van der Waals surface area contributed by atoms with Crippen LogP contribution in [0.1, 0.15) is 12.5 Å². The maximum Gasteiger partial charge on any atom is 0.341 e. The van der Waals surface area contributed by atoms with E-state index in [1.54, 1.807) is 18.2 Å². The van der Waals surface area contributed by atoms with Gasteiger partial charge in [0.05, 0.1) is 5.71 Å². The lowest BCUT2D eigenvalue weighted by Gasteiger charge is -2.07. The van der Waals surface area contributed by atoms with E-state index in [1.165, 1.54) is 13.0 Å². The highest BCUT2D eigenvalue weighted by Crippen LogP contribution is 2.19. The third-order valence-electron chi connectivity index (χ3n) is 1.97. The Balaban J connectivity index is 3.27. The van der Waals surface area contributed by atoms with Crippen LogP contribution in [0.5, 0.6) is 0 Å². The van der Waals surface area contributed by atoms with Crippen molar-refractivity contribution in [3.63, 3.8) is 0 Å². The normalized spacial score (nSPS) is 11.9. The lowest BCUT2D eigenvalue weighted by atomic mass is 10.0. The van der Waals surface area contributed by atoms with Crippen molar-refractivity contribution in [3.8, 4) is 0 Å². The number of allylic oxidation sites excluding steroid dienone is 1. The van der Waals surface area contributed by atoms with Gasteiger partial charge in [0.1, 0.15) is 11.3 Å². The highest BCUT2D eigenvalue weighted by atomic mass is 35.5. The fraction of sp³-hybridized carbons (Fsp3) is 0.0909. The molecule has 0 saturated carbocycles. The largest absolute Gasteiger partial charge is 0.512 e. The molecule has 0 fully saturated rings. The van der Waals surface area contributed by atoms with Crippen LogP contribution in [0.3, 0.4) is 0 Å². The fourth-order valence-electron chi connectivity index (χ4n) is 1.24. The third kappa shape index (κ3) is 2.41. The number of aliphatic hydroxyl groups is 1. The van der Waals surface area contributed by atoms with Crippen LogP contribution >= 0.6 is 11.6 Å². The first-order valence-electron chi connectivity index (χ1n) is 4.42. The Morgan fingerprint density at radius 2 is 1.88 bits per heavy atom. The van der Waals surface area contributed by atoms with Crippen molar-refractivity contribution in [1.29, 1.82) is 5.41 Å². The van der Waals surface area contributed by atoms with Gasteiger partial charge in [0.15, 0.2) is 0 Å². The Labute approximate surface area is 97.3 Å². The molecule has 0 unspecified atom stereocenters. The Morgan fingerprint density at radius 1 is 1.31 bits per heavy atom. The van der Waals surface area contributed by atoms with Crippen LogP contribution in [0.15, 0.2) is 35.6 Å². The summed E-state index contributed by atoms with van der Waals surface area (Å²) in [6.45, 7) is 1.22. The van der Waals surface area contributed by atoms with Gasteiger partial charge in [-0.25, -0.2) is 4.79 Å². The van der Waals surface area contributed by atoms with E-state index < -0.39 is 17.3 Å². The summed E-state index contributed by atoms with van der Waals surface area (Å²) in [5, 5.41) is 26.1. The van der Waals surface area contributed by atoms with Crippen molar-refractivity contribution in [3.05, 3.63) is 46.2 Å². The van der Waals surface area contributed by atoms with Gasteiger partial charge in [-0.15, -0.1) is 0 Å². The van der Waals surface area contributed by atoms with Gasteiger partial charge in [-0.1, -0.05) is 29.8 Å². The topological polar surface area (TPSA) is 81.4 Å². The van der Waals surface area contributed by atoms with E-state index in [0.717, 1.165) is 0 Å². The van der Waals surface area contributed by atoms with Gasteiger partial charge < -0.3 is 10.2 Å². The molecule has 4 nitrogen and oxygen atoms in total. The third-order valence-corrected chi connectivity index (χ3v) is 2.30. The van der Waals surface area contributed by atoms with Gasteiger partial charge in [0.25, 0.3) is 0 Å². The quantitative estimate of drug-likeness (QED) is 0.431. The van der Waals surface area contributed by atoms with Gasteiger partial charge in [-0.2, -0.15) is 0 Å². The highest BCUT2D eigenvalue weighted by molar-refractivity contribution is 6.37. The smallest absolute Gasteiger partial charge is 0.341 e. The summed E-state index contributed by atoms with van der Waals surface area (Å²) < 4.78 is 0. The van der Waals surface area contributed by atoms with Crippen molar-refractivity contribution in [1.82, 2.24) is 0 Å². The number of benzene rings is 1. The maximum atomic E-state index is 10.9. The highest BCUT2D eigenvalue weighted by Gasteiger charge is 2.20. The lowest BCUT2D eigenvalue weighted by molar-refractivity contribution is -0.132. The molecule has 0 saturated heterocycles. The second kappa shape index (κ2) is 4.81. The van der Waals surface area contributed by atoms with E-state index in [1.807, 2.05) is 0 Å². The molecule has 16 heavy (non-hydrogen) atoms. The number of hydrogen-bond acceptors (Lipinski definition) is 3. The molecule has 1 aromatic carbocycles. The molecular formula is C11H10ClNO3. The first kappa shape index (κ1) is 12.3. The molecule has 3 N–H and O–H groups in total. The first-order chi connectivity index (χ1) is 7.45. The Hall–Kier alpha value is -1.81. The summed E-state index contributed by atoms with van der Waals surface area (Å²) in [6, 6.07) is 6.39. The number of aliphatic hydroxyl groups excluding tert-OH is 1. The molecule has 5 heteroatoms. The molecule has 0 aliphatic carbocycles. The number of rotatable bonds is 3. The molecule has 1 aromatic rings. The van der Waals surface area contributed by atoms with E-state index in [-0.39, 0.29) is 16.3 Å². The van der Waals surface area contributed by atoms with Crippen LogP contribution in [0, 0.1) is 5.41 Å². The summed E-state index contributed by atoms with van der Waals surface area (Å²) in [5.74, 6) is -1.78. The van der Waals surface area contributed by atoms with Crippen molar-refractivity contribution in [2.75, 3.05) is 0 Å². The SMILES string of the molecule is C/C(O)=C(/C(=N)c1ccccc1Cl)C(=O)O. The number of carboxylic acid groups (broad SMARTS) is 1. The maximum absolute atomic E-state index is 10.9. The molecule has 1 rings (SSSR count). The second-order valence-electron chi connectivity index (χ2n) is 3.12. The zero-order valence-electron chi connectivity index (χ0n) is 8.49. The van der Waals surface area contributed by atoms with Crippen molar-refractivity contribution in [2.45, 2.75) is 6.92 Å². The molecule has 0 aliphatic heterocycles. The van der Waals surface area contributed by atoms with Gasteiger partial charge in [0, 0.05) is 10.6 Å². The summed E-state index contributed by atoms with van der Waals surface area (Å²) in [5.41, 5.74) is -0.485. The molecule has 84 valence electrons. The van der Waals surface area contributed by atoms with E-state index in [2.05, 4.69) is 0 Å². The average Bonchev–Trinajstić information content (AvgIpc) is 2.16. The van der Waals surface area contributed by atoms with Crippen molar-refractivity contribution >= 4 is 23.3 Å². The molecule has 0 atom stereocenters. The molecule has 0 spiro atoms. The summed E-state index contributed by atoms with van der Waals surface area (Å²) >= 11 is 5.83. The van der Waals surface area contributed by atoms with E-state index in [9.17, 15) is 9.90 Å². The number of carbonyl (C=O) groups is 1. The van der Waals surface area contributed by atoms with Gasteiger partial charge in [-0.05, 0) is 13.0 Å². The van der Waals surface area contributed by atoms with Crippen LogP contribution in [-0.2, 0) is 4.79 Å². The zero-order valence-corrected chi connectivity index (χ0v) is 9.25. The molecule has 0 bridgehead atoms. The summed E-state index contributed by atoms with van der Waals surface area (Å²) in [7, 11) is 0. The Kier molecular flexibility index (Phi) is 3.68. The van der Waals surface area contributed by atoms with Crippen LogP contribution in [0.25, 0.3) is 0 Å². The van der Waals surface area contributed by atoms with Crippen molar-refractivity contribution < 1.29 is 15.0 Å². The van der Waals surface area contributed by atoms with E-state index in [0.29, 0.717) is 0 Å². The standard InChI is InChI=1S/C11H10ClNO3/c1-6(14)9(11(15)16)10(13)7-4-2-3-5-8(7)12/h2-5,13-14H,1H3,(H,15,16)/b9-6+,13-10?. The fourth-order valence-corrected chi connectivity index (χ4v) is 1.47. The van der Waals surface area contributed by atoms with Crippen LogP contribution < -0.4 is 0 Å². The van der Waals surface area contributed by atoms with Gasteiger partial charge >= 0.3 is 5.97 Å². The van der Waals surface area contributed by atoms with E-state index >= 15 is 0 Å². The first-order valence-corrected chi connectivity index (χ1v) is 4.80. The second-order valence-corrected chi connectivity index (χ2v) is 3.53. The predicted molar refractivity (Wildman–Crippen MR) is 61.2 cm³/mol. The van der Waals surface area contributed by atoms with Crippen LogP contribution in [0.2, 0.25) is 5.02 Å². The summed E-state index contributed by atoms with van der Waals surface area (Å²) in [6.07, 6.45) is 0. The number of halogens is 1. The molecular weight excluding hydrogens is 230 g/mol.